The van der Waals surface area contributed by atoms with Crippen LogP contribution >= 0.6 is 0 Å². The second-order valence-corrected chi connectivity index (χ2v) is 10.1. The van der Waals surface area contributed by atoms with Gasteiger partial charge in [0.15, 0.2) is 17.2 Å². The maximum atomic E-state index is 13.2. The van der Waals surface area contributed by atoms with E-state index < -0.39 is 17.9 Å². The molecule has 40 heavy (non-hydrogen) atoms. The summed E-state index contributed by atoms with van der Waals surface area (Å²) in [6, 6.07) is 16.7. The first kappa shape index (κ1) is 28.9. The lowest BCUT2D eigenvalue weighted by molar-refractivity contribution is 0.0661. The van der Waals surface area contributed by atoms with Crippen molar-refractivity contribution in [3.63, 3.8) is 0 Å². The number of carbonyl (C=O) groups is 3. The molecule has 3 aromatic rings. The Bertz CT molecular complexity index is 1330. The summed E-state index contributed by atoms with van der Waals surface area (Å²) >= 11 is 0. The fraction of sp³-hybridized carbons (Fsp3) is 0.364. The van der Waals surface area contributed by atoms with Crippen molar-refractivity contribution in [2.75, 3.05) is 0 Å². The molecule has 0 heterocycles. The third-order valence-electron chi connectivity index (χ3n) is 7.08. The summed E-state index contributed by atoms with van der Waals surface area (Å²) in [6.07, 6.45) is 7.57. The minimum absolute atomic E-state index is 0.0881. The lowest BCUT2D eigenvalue weighted by Crippen LogP contribution is -2.22. The van der Waals surface area contributed by atoms with Crippen LogP contribution in [0.2, 0.25) is 0 Å². The Hall–Kier alpha value is -4.13. The highest BCUT2D eigenvalue weighted by Gasteiger charge is 2.35. The number of ether oxygens (including phenoxy) is 3. The van der Waals surface area contributed by atoms with E-state index in [-0.39, 0.29) is 40.0 Å². The summed E-state index contributed by atoms with van der Waals surface area (Å²) in [5.41, 5.74) is 1.50. The van der Waals surface area contributed by atoms with Gasteiger partial charge in [0.2, 0.25) is 0 Å². The molecule has 7 nitrogen and oxygen atoms in total. The van der Waals surface area contributed by atoms with Gasteiger partial charge in [-0.15, -0.1) is 0 Å². The summed E-state index contributed by atoms with van der Waals surface area (Å²) in [4.78, 5) is 39.1. The SMILES string of the molecule is CCCCCC[C@@H](C)Oc1c2c(c(OC(=O)c3ccccc3)c(C(=O)O)c1OC(=O)c1ccccc1)CCCC2. The van der Waals surface area contributed by atoms with E-state index in [0.717, 1.165) is 50.5 Å². The number of hydrogen-bond acceptors (Lipinski definition) is 6. The topological polar surface area (TPSA) is 99.1 Å². The fourth-order valence-electron chi connectivity index (χ4n) is 5.01. The predicted octanol–water partition coefficient (Wildman–Crippen LogP) is 7.44. The molecule has 0 radical (unpaired) electrons. The van der Waals surface area contributed by atoms with Gasteiger partial charge in [0, 0.05) is 11.1 Å². The van der Waals surface area contributed by atoms with Crippen LogP contribution in [-0.4, -0.2) is 29.1 Å². The highest BCUT2D eigenvalue weighted by Crippen LogP contribution is 2.48. The average molecular weight is 545 g/mol. The summed E-state index contributed by atoms with van der Waals surface area (Å²) in [5.74, 6) is -2.85. The van der Waals surface area contributed by atoms with Crippen molar-refractivity contribution in [1.29, 1.82) is 0 Å². The molecule has 210 valence electrons. The van der Waals surface area contributed by atoms with Crippen LogP contribution in [0.1, 0.15) is 101 Å². The lowest BCUT2D eigenvalue weighted by Gasteiger charge is -2.28. The van der Waals surface area contributed by atoms with Crippen molar-refractivity contribution in [1.82, 2.24) is 0 Å². The molecule has 3 aromatic carbocycles. The number of fused-ring (bicyclic) bond motifs is 1. The number of hydrogen-bond donors (Lipinski definition) is 1. The molecule has 0 unspecified atom stereocenters. The van der Waals surface area contributed by atoms with Crippen LogP contribution < -0.4 is 14.2 Å². The first-order valence-electron chi connectivity index (χ1n) is 14.1. The van der Waals surface area contributed by atoms with E-state index in [2.05, 4.69) is 6.92 Å². The van der Waals surface area contributed by atoms with Gasteiger partial charge in [0.25, 0.3) is 0 Å². The van der Waals surface area contributed by atoms with Gasteiger partial charge in [-0.05, 0) is 69.7 Å². The second kappa shape index (κ2) is 13.8. The molecule has 0 aliphatic heterocycles. The summed E-state index contributed by atoms with van der Waals surface area (Å²) in [5, 5.41) is 10.4. The van der Waals surface area contributed by atoms with Gasteiger partial charge in [-0.2, -0.15) is 0 Å². The van der Waals surface area contributed by atoms with Crippen LogP contribution in [0, 0.1) is 0 Å². The summed E-state index contributed by atoms with van der Waals surface area (Å²) in [6.45, 7) is 4.09. The van der Waals surface area contributed by atoms with Crippen LogP contribution in [0.15, 0.2) is 60.7 Å². The largest absolute Gasteiger partial charge is 0.486 e. The van der Waals surface area contributed by atoms with Crippen molar-refractivity contribution in [2.45, 2.75) is 77.7 Å². The number of rotatable bonds is 12. The standard InChI is InChI=1S/C33H36O7/c1-3-4-5-8-15-22(2)38-29-26-21-14-13-20-25(26)28(39-32(36)23-16-9-6-10-17-23)27(31(34)35)30(29)40-33(37)24-18-11-7-12-19-24/h6-7,9-12,16-19,22H,3-5,8,13-15,20-21H2,1-2H3,(H,34,35)/t22-/m1/s1. The van der Waals surface area contributed by atoms with Crippen molar-refractivity contribution < 1.29 is 33.7 Å². The minimum Gasteiger partial charge on any atom is -0.486 e. The predicted molar refractivity (Wildman–Crippen MR) is 152 cm³/mol. The number of carbonyl (C=O) groups excluding carboxylic acids is 2. The molecule has 1 atom stereocenters. The number of aromatic carboxylic acids is 1. The molecule has 1 aliphatic carbocycles. The van der Waals surface area contributed by atoms with Crippen LogP contribution in [0.4, 0.5) is 0 Å². The van der Waals surface area contributed by atoms with E-state index in [9.17, 15) is 19.5 Å². The zero-order valence-corrected chi connectivity index (χ0v) is 23.1. The molecule has 0 amide bonds. The Labute approximate surface area is 235 Å². The van der Waals surface area contributed by atoms with E-state index in [0.29, 0.717) is 18.4 Å². The number of unbranched alkanes of at least 4 members (excludes halogenated alkanes) is 3. The zero-order valence-electron chi connectivity index (χ0n) is 23.1. The zero-order chi connectivity index (χ0) is 28.5. The van der Waals surface area contributed by atoms with Crippen molar-refractivity contribution in [2.24, 2.45) is 0 Å². The smallest absolute Gasteiger partial charge is 0.343 e. The molecule has 0 spiro atoms. The molecule has 1 N–H and O–H groups in total. The third kappa shape index (κ3) is 6.89. The van der Waals surface area contributed by atoms with Crippen molar-refractivity contribution >= 4 is 17.9 Å². The summed E-state index contributed by atoms with van der Waals surface area (Å²) in [7, 11) is 0. The fourth-order valence-corrected chi connectivity index (χ4v) is 5.01. The van der Waals surface area contributed by atoms with Crippen LogP contribution in [-0.2, 0) is 12.8 Å². The third-order valence-corrected chi connectivity index (χ3v) is 7.08. The van der Waals surface area contributed by atoms with Crippen LogP contribution in [0.5, 0.6) is 17.2 Å². The van der Waals surface area contributed by atoms with Gasteiger partial charge < -0.3 is 19.3 Å². The quantitative estimate of drug-likeness (QED) is 0.144. The molecule has 7 heteroatoms. The average Bonchev–Trinajstić information content (AvgIpc) is 2.97. The van der Waals surface area contributed by atoms with Crippen molar-refractivity contribution in [3.05, 3.63) is 88.5 Å². The maximum absolute atomic E-state index is 13.2. The van der Waals surface area contributed by atoms with E-state index in [1.54, 1.807) is 60.7 Å². The van der Waals surface area contributed by atoms with Gasteiger partial charge in [0.05, 0.1) is 17.2 Å². The molecule has 0 saturated heterocycles. The van der Waals surface area contributed by atoms with Gasteiger partial charge in [-0.3, -0.25) is 0 Å². The van der Waals surface area contributed by atoms with Gasteiger partial charge in [-0.1, -0.05) is 62.6 Å². The Morgan fingerprint density at radius 1 is 0.750 bits per heavy atom. The van der Waals surface area contributed by atoms with E-state index in [4.69, 9.17) is 14.2 Å². The van der Waals surface area contributed by atoms with Gasteiger partial charge in [-0.25, -0.2) is 14.4 Å². The van der Waals surface area contributed by atoms with Crippen molar-refractivity contribution in [3.8, 4) is 17.2 Å². The monoisotopic (exact) mass is 544 g/mol. The normalized spacial score (nSPS) is 13.2. The molecule has 1 aliphatic rings. The number of benzene rings is 3. The highest BCUT2D eigenvalue weighted by atomic mass is 16.6. The van der Waals surface area contributed by atoms with E-state index in [1.807, 2.05) is 6.92 Å². The maximum Gasteiger partial charge on any atom is 0.343 e. The first-order valence-corrected chi connectivity index (χ1v) is 14.1. The molecular weight excluding hydrogens is 508 g/mol. The second-order valence-electron chi connectivity index (χ2n) is 10.1. The molecule has 0 fully saturated rings. The molecular formula is C33H36O7. The lowest BCUT2D eigenvalue weighted by atomic mass is 9.87. The van der Waals surface area contributed by atoms with Crippen LogP contribution in [0.25, 0.3) is 0 Å². The van der Waals surface area contributed by atoms with Gasteiger partial charge >= 0.3 is 17.9 Å². The number of carboxylic acid groups (broad SMARTS) is 1. The Balaban J connectivity index is 1.83. The highest BCUT2D eigenvalue weighted by molar-refractivity contribution is 6.01. The Morgan fingerprint density at radius 2 is 1.27 bits per heavy atom. The van der Waals surface area contributed by atoms with Crippen LogP contribution in [0.3, 0.4) is 0 Å². The summed E-state index contributed by atoms with van der Waals surface area (Å²) < 4.78 is 18.0. The molecule has 4 rings (SSSR count). The Morgan fingerprint density at radius 3 is 1.80 bits per heavy atom. The first-order chi connectivity index (χ1) is 19.4. The number of carboxylic acids is 1. The molecule has 0 bridgehead atoms. The molecule has 0 aromatic heterocycles. The minimum atomic E-state index is -1.37. The number of esters is 2. The van der Waals surface area contributed by atoms with Gasteiger partial charge in [0.1, 0.15) is 5.56 Å². The van der Waals surface area contributed by atoms with E-state index >= 15 is 0 Å². The van der Waals surface area contributed by atoms with E-state index in [1.165, 1.54) is 0 Å². The Kier molecular flexibility index (Phi) is 9.95. The molecule has 0 saturated carbocycles.